The van der Waals surface area contributed by atoms with Crippen molar-refractivity contribution in [1.82, 2.24) is 9.97 Å². The van der Waals surface area contributed by atoms with Gasteiger partial charge in [-0.2, -0.15) is 0 Å². The third-order valence-electron chi connectivity index (χ3n) is 2.00. The van der Waals surface area contributed by atoms with Crippen LogP contribution in [-0.4, -0.2) is 9.97 Å². The molecule has 0 atom stereocenters. The van der Waals surface area contributed by atoms with Gasteiger partial charge in [0.2, 0.25) is 0 Å². The van der Waals surface area contributed by atoms with E-state index in [-0.39, 0.29) is 0 Å². The highest BCUT2D eigenvalue weighted by Crippen LogP contribution is 2.30. The second-order valence-electron chi connectivity index (χ2n) is 3.05. The minimum absolute atomic E-state index is 0.529. The SMILES string of the molecule is Cc1ccc(-c2ncnc(Cl)c2C)s1. The summed E-state index contributed by atoms with van der Waals surface area (Å²) in [6.45, 7) is 4.01. The van der Waals surface area contributed by atoms with Gasteiger partial charge in [-0.3, -0.25) is 0 Å². The van der Waals surface area contributed by atoms with Crippen molar-refractivity contribution in [2.45, 2.75) is 13.8 Å². The van der Waals surface area contributed by atoms with E-state index in [1.807, 2.05) is 6.92 Å². The fraction of sp³-hybridized carbons (Fsp3) is 0.200. The van der Waals surface area contributed by atoms with E-state index >= 15 is 0 Å². The topological polar surface area (TPSA) is 25.8 Å². The molecule has 0 spiro atoms. The van der Waals surface area contributed by atoms with Gasteiger partial charge in [0.1, 0.15) is 11.5 Å². The lowest BCUT2D eigenvalue weighted by Gasteiger charge is -2.01. The number of hydrogen-bond acceptors (Lipinski definition) is 3. The van der Waals surface area contributed by atoms with Crippen LogP contribution < -0.4 is 0 Å². The maximum Gasteiger partial charge on any atom is 0.135 e. The number of aryl methyl sites for hydroxylation is 1. The van der Waals surface area contributed by atoms with E-state index in [1.54, 1.807) is 11.3 Å². The van der Waals surface area contributed by atoms with Crippen LogP contribution in [0.4, 0.5) is 0 Å². The van der Waals surface area contributed by atoms with E-state index in [4.69, 9.17) is 11.6 Å². The lowest BCUT2D eigenvalue weighted by Crippen LogP contribution is -1.89. The molecule has 0 saturated heterocycles. The van der Waals surface area contributed by atoms with Crippen molar-refractivity contribution < 1.29 is 0 Å². The van der Waals surface area contributed by atoms with Crippen LogP contribution in [0.5, 0.6) is 0 Å². The molecule has 0 radical (unpaired) electrons. The van der Waals surface area contributed by atoms with Crippen molar-refractivity contribution in [3.63, 3.8) is 0 Å². The van der Waals surface area contributed by atoms with Gasteiger partial charge < -0.3 is 0 Å². The van der Waals surface area contributed by atoms with Crippen LogP contribution in [0.15, 0.2) is 18.5 Å². The highest BCUT2D eigenvalue weighted by molar-refractivity contribution is 7.15. The molecule has 0 N–H and O–H groups in total. The molecular formula is C10H9ClN2S. The van der Waals surface area contributed by atoms with Crippen molar-refractivity contribution in [1.29, 1.82) is 0 Å². The summed E-state index contributed by atoms with van der Waals surface area (Å²) in [6.07, 6.45) is 1.50. The zero-order valence-corrected chi connectivity index (χ0v) is 9.49. The van der Waals surface area contributed by atoms with Gasteiger partial charge in [0.05, 0.1) is 10.6 Å². The smallest absolute Gasteiger partial charge is 0.135 e. The van der Waals surface area contributed by atoms with Crippen LogP contribution in [0.3, 0.4) is 0 Å². The van der Waals surface area contributed by atoms with Gasteiger partial charge in [-0.1, -0.05) is 11.6 Å². The van der Waals surface area contributed by atoms with Gasteiger partial charge >= 0.3 is 0 Å². The molecule has 72 valence electrons. The maximum absolute atomic E-state index is 5.92. The monoisotopic (exact) mass is 224 g/mol. The molecule has 0 bridgehead atoms. The minimum atomic E-state index is 0.529. The van der Waals surface area contributed by atoms with E-state index in [2.05, 4.69) is 29.0 Å². The fourth-order valence-electron chi connectivity index (χ4n) is 1.24. The second kappa shape index (κ2) is 3.67. The van der Waals surface area contributed by atoms with E-state index in [0.717, 1.165) is 16.1 Å². The number of hydrogen-bond donors (Lipinski definition) is 0. The van der Waals surface area contributed by atoms with Gasteiger partial charge in [-0.05, 0) is 26.0 Å². The minimum Gasteiger partial charge on any atom is -0.235 e. The highest BCUT2D eigenvalue weighted by atomic mass is 35.5. The van der Waals surface area contributed by atoms with Crippen molar-refractivity contribution in [3.8, 4) is 10.6 Å². The second-order valence-corrected chi connectivity index (χ2v) is 4.69. The number of aromatic nitrogens is 2. The third kappa shape index (κ3) is 1.65. The Morgan fingerprint density at radius 3 is 2.64 bits per heavy atom. The summed E-state index contributed by atoms with van der Waals surface area (Å²) in [5, 5.41) is 0.529. The van der Waals surface area contributed by atoms with Gasteiger partial charge in [-0.15, -0.1) is 11.3 Å². The van der Waals surface area contributed by atoms with Gasteiger partial charge in [0, 0.05) is 10.4 Å². The first-order valence-electron chi connectivity index (χ1n) is 4.22. The number of nitrogens with zero attached hydrogens (tertiary/aromatic N) is 2. The molecule has 2 nitrogen and oxygen atoms in total. The van der Waals surface area contributed by atoms with E-state index in [9.17, 15) is 0 Å². The Morgan fingerprint density at radius 2 is 2.00 bits per heavy atom. The lowest BCUT2D eigenvalue weighted by molar-refractivity contribution is 1.14. The fourth-order valence-corrected chi connectivity index (χ4v) is 2.29. The summed E-state index contributed by atoms with van der Waals surface area (Å²) < 4.78 is 0. The lowest BCUT2D eigenvalue weighted by atomic mass is 10.2. The molecule has 0 aliphatic carbocycles. The van der Waals surface area contributed by atoms with E-state index in [1.165, 1.54) is 11.2 Å². The van der Waals surface area contributed by atoms with Crippen molar-refractivity contribution in [3.05, 3.63) is 34.1 Å². The van der Waals surface area contributed by atoms with Crippen LogP contribution in [-0.2, 0) is 0 Å². The Hall–Kier alpha value is -0.930. The summed E-state index contributed by atoms with van der Waals surface area (Å²) >= 11 is 7.64. The number of rotatable bonds is 1. The van der Waals surface area contributed by atoms with Crippen molar-refractivity contribution >= 4 is 22.9 Å². The molecule has 2 aromatic rings. The Kier molecular flexibility index (Phi) is 2.52. The Balaban J connectivity index is 2.57. The average Bonchev–Trinajstić information content (AvgIpc) is 2.57. The number of thiophene rings is 1. The summed E-state index contributed by atoms with van der Waals surface area (Å²) in [5.74, 6) is 0. The Bertz CT molecular complexity index is 465. The van der Waals surface area contributed by atoms with Crippen LogP contribution >= 0.6 is 22.9 Å². The Labute approximate surface area is 91.6 Å². The standard InChI is InChI=1S/C10H9ClN2S/c1-6-3-4-8(14-6)9-7(2)10(11)13-5-12-9/h3-5H,1-2H3. The van der Waals surface area contributed by atoms with E-state index in [0.29, 0.717) is 5.15 Å². The molecule has 2 heterocycles. The first kappa shape index (κ1) is 9.62. The summed E-state index contributed by atoms with van der Waals surface area (Å²) in [4.78, 5) is 10.6. The molecule has 0 amide bonds. The van der Waals surface area contributed by atoms with Crippen LogP contribution in [0, 0.1) is 13.8 Å². The highest BCUT2D eigenvalue weighted by Gasteiger charge is 2.08. The third-order valence-corrected chi connectivity index (χ3v) is 3.38. The molecule has 0 aliphatic rings. The van der Waals surface area contributed by atoms with Crippen LogP contribution in [0.2, 0.25) is 5.15 Å². The Morgan fingerprint density at radius 1 is 1.21 bits per heavy atom. The van der Waals surface area contributed by atoms with Crippen molar-refractivity contribution in [2.75, 3.05) is 0 Å². The first-order valence-corrected chi connectivity index (χ1v) is 5.42. The molecule has 2 rings (SSSR count). The largest absolute Gasteiger partial charge is 0.235 e. The van der Waals surface area contributed by atoms with E-state index < -0.39 is 0 Å². The summed E-state index contributed by atoms with van der Waals surface area (Å²) in [7, 11) is 0. The predicted molar refractivity (Wildman–Crippen MR) is 59.8 cm³/mol. The molecule has 0 aliphatic heterocycles. The van der Waals surface area contributed by atoms with Crippen molar-refractivity contribution in [2.24, 2.45) is 0 Å². The van der Waals surface area contributed by atoms with Crippen LogP contribution in [0.25, 0.3) is 10.6 Å². The van der Waals surface area contributed by atoms with Crippen LogP contribution in [0.1, 0.15) is 10.4 Å². The van der Waals surface area contributed by atoms with Gasteiger partial charge in [0.15, 0.2) is 0 Å². The zero-order chi connectivity index (χ0) is 10.1. The normalized spacial score (nSPS) is 10.5. The molecular weight excluding hydrogens is 216 g/mol. The summed E-state index contributed by atoms with van der Waals surface area (Å²) in [5.41, 5.74) is 1.87. The average molecular weight is 225 g/mol. The molecule has 0 saturated carbocycles. The zero-order valence-electron chi connectivity index (χ0n) is 7.91. The molecule has 0 unspecified atom stereocenters. The maximum atomic E-state index is 5.92. The molecule has 0 aromatic carbocycles. The molecule has 0 fully saturated rings. The van der Waals surface area contributed by atoms with Gasteiger partial charge in [0.25, 0.3) is 0 Å². The van der Waals surface area contributed by atoms with Gasteiger partial charge in [-0.25, -0.2) is 9.97 Å². The first-order chi connectivity index (χ1) is 6.68. The number of halogens is 1. The molecule has 4 heteroatoms. The molecule has 14 heavy (non-hydrogen) atoms. The predicted octanol–water partition coefficient (Wildman–Crippen LogP) is 3.48. The summed E-state index contributed by atoms with van der Waals surface area (Å²) in [6, 6.07) is 4.14. The molecule has 2 aromatic heterocycles. The quantitative estimate of drug-likeness (QED) is 0.694.